The number of aryl methyl sites for hydroxylation is 1. The SMILES string of the molecule is CCCC1CNC(C)(C)CN1CCn1ccnc1C. The van der Waals surface area contributed by atoms with Gasteiger partial charge in [0, 0.05) is 50.2 Å². The summed E-state index contributed by atoms with van der Waals surface area (Å²) in [6, 6.07) is 0.682. The number of piperazine rings is 1. The maximum absolute atomic E-state index is 4.30. The summed E-state index contributed by atoms with van der Waals surface area (Å²) in [6.07, 6.45) is 6.51. The molecule has 0 radical (unpaired) electrons. The summed E-state index contributed by atoms with van der Waals surface area (Å²) in [5, 5.41) is 3.67. The summed E-state index contributed by atoms with van der Waals surface area (Å²) in [7, 11) is 0. The summed E-state index contributed by atoms with van der Waals surface area (Å²) in [4.78, 5) is 6.95. The fourth-order valence-corrected chi connectivity index (χ4v) is 2.97. The Bertz CT molecular complexity index is 397. The lowest BCUT2D eigenvalue weighted by Gasteiger charge is -2.44. The molecule has 108 valence electrons. The van der Waals surface area contributed by atoms with Crippen LogP contribution in [0.1, 0.15) is 39.4 Å². The van der Waals surface area contributed by atoms with E-state index in [9.17, 15) is 0 Å². The van der Waals surface area contributed by atoms with Crippen molar-refractivity contribution in [3.05, 3.63) is 18.2 Å². The van der Waals surface area contributed by atoms with Gasteiger partial charge in [-0.25, -0.2) is 4.98 Å². The van der Waals surface area contributed by atoms with E-state index >= 15 is 0 Å². The lowest BCUT2D eigenvalue weighted by molar-refractivity contribution is 0.0859. The fourth-order valence-electron chi connectivity index (χ4n) is 2.97. The zero-order valence-electron chi connectivity index (χ0n) is 12.8. The van der Waals surface area contributed by atoms with Crippen molar-refractivity contribution in [2.75, 3.05) is 19.6 Å². The van der Waals surface area contributed by atoms with Gasteiger partial charge in [-0.3, -0.25) is 4.90 Å². The van der Waals surface area contributed by atoms with Crippen LogP contribution >= 0.6 is 0 Å². The topological polar surface area (TPSA) is 33.1 Å². The molecule has 1 saturated heterocycles. The van der Waals surface area contributed by atoms with Crippen LogP contribution in [-0.2, 0) is 6.54 Å². The molecule has 0 amide bonds. The first-order valence-corrected chi connectivity index (χ1v) is 7.48. The van der Waals surface area contributed by atoms with Crippen molar-refractivity contribution in [1.82, 2.24) is 19.8 Å². The molecule has 1 aliphatic heterocycles. The van der Waals surface area contributed by atoms with Crippen molar-refractivity contribution in [1.29, 1.82) is 0 Å². The van der Waals surface area contributed by atoms with Crippen LogP contribution in [-0.4, -0.2) is 45.7 Å². The molecular weight excluding hydrogens is 236 g/mol. The lowest BCUT2D eigenvalue weighted by Crippen LogP contribution is -2.61. The van der Waals surface area contributed by atoms with E-state index in [2.05, 4.69) is 53.7 Å². The average molecular weight is 264 g/mol. The second-order valence-corrected chi connectivity index (χ2v) is 6.35. The van der Waals surface area contributed by atoms with Gasteiger partial charge >= 0.3 is 0 Å². The summed E-state index contributed by atoms with van der Waals surface area (Å²) in [5.74, 6) is 1.11. The first-order valence-electron chi connectivity index (χ1n) is 7.48. The molecule has 19 heavy (non-hydrogen) atoms. The highest BCUT2D eigenvalue weighted by Crippen LogP contribution is 2.18. The van der Waals surface area contributed by atoms with Crippen LogP contribution in [0.5, 0.6) is 0 Å². The Labute approximate surface area is 117 Å². The second-order valence-electron chi connectivity index (χ2n) is 6.35. The first-order chi connectivity index (χ1) is 9.02. The van der Waals surface area contributed by atoms with Gasteiger partial charge in [-0.05, 0) is 27.2 Å². The van der Waals surface area contributed by atoms with E-state index in [0.29, 0.717) is 6.04 Å². The predicted octanol–water partition coefficient (Wildman–Crippen LogP) is 2.04. The first kappa shape index (κ1) is 14.5. The molecule has 0 bridgehead atoms. The molecular formula is C15H28N4. The minimum Gasteiger partial charge on any atom is -0.334 e. The molecule has 0 saturated carbocycles. The smallest absolute Gasteiger partial charge is 0.105 e. The number of nitrogens with zero attached hydrogens (tertiary/aromatic N) is 3. The number of hydrogen-bond acceptors (Lipinski definition) is 3. The molecule has 2 heterocycles. The van der Waals surface area contributed by atoms with Gasteiger partial charge in [0.05, 0.1) is 0 Å². The summed E-state index contributed by atoms with van der Waals surface area (Å²) in [5.41, 5.74) is 0.230. The maximum Gasteiger partial charge on any atom is 0.105 e. The van der Waals surface area contributed by atoms with Crippen LogP contribution in [0.3, 0.4) is 0 Å². The normalized spacial score (nSPS) is 23.7. The molecule has 1 aromatic heterocycles. The molecule has 4 nitrogen and oxygen atoms in total. The Morgan fingerprint density at radius 3 is 2.84 bits per heavy atom. The van der Waals surface area contributed by atoms with Crippen molar-refractivity contribution < 1.29 is 0 Å². The van der Waals surface area contributed by atoms with Crippen molar-refractivity contribution >= 4 is 0 Å². The summed E-state index contributed by atoms with van der Waals surface area (Å²) in [6.45, 7) is 13.3. The molecule has 1 atom stereocenters. The van der Waals surface area contributed by atoms with Gasteiger partial charge in [0.2, 0.25) is 0 Å². The number of nitrogens with one attached hydrogen (secondary N) is 1. The Morgan fingerprint density at radius 1 is 1.42 bits per heavy atom. The third kappa shape index (κ3) is 3.80. The monoisotopic (exact) mass is 264 g/mol. The quantitative estimate of drug-likeness (QED) is 0.883. The van der Waals surface area contributed by atoms with Crippen LogP contribution in [0.15, 0.2) is 12.4 Å². The van der Waals surface area contributed by atoms with Gasteiger partial charge in [-0.2, -0.15) is 0 Å². The predicted molar refractivity (Wildman–Crippen MR) is 79.3 cm³/mol. The van der Waals surface area contributed by atoms with Crippen molar-refractivity contribution in [3.63, 3.8) is 0 Å². The average Bonchev–Trinajstić information content (AvgIpc) is 2.75. The molecule has 1 N–H and O–H groups in total. The molecule has 0 aliphatic carbocycles. The highest BCUT2D eigenvalue weighted by Gasteiger charge is 2.31. The molecule has 0 aromatic carbocycles. The Morgan fingerprint density at radius 2 is 2.21 bits per heavy atom. The largest absolute Gasteiger partial charge is 0.334 e. The maximum atomic E-state index is 4.30. The van der Waals surface area contributed by atoms with E-state index in [0.717, 1.165) is 32.0 Å². The molecule has 1 aliphatic rings. The molecule has 1 unspecified atom stereocenters. The van der Waals surface area contributed by atoms with Crippen LogP contribution in [0.2, 0.25) is 0 Å². The van der Waals surface area contributed by atoms with Crippen molar-refractivity contribution in [2.45, 2.75) is 58.7 Å². The third-order valence-electron chi connectivity index (χ3n) is 4.10. The van der Waals surface area contributed by atoms with Crippen molar-refractivity contribution in [2.24, 2.45) is 0 Å². The molecule has 0 spiro atoms. The molecule has 2 rings (SSSR count). The highest BCUT2D eigenvalue weighted by molar-refractivity contribution is 4.93. The van der Waals surface area contributed by atoms with Crippen LogP contribution in [0, 0.1) is 6.92 Å². The molecule has 1 fully saturated rings. The Kier molecular flexibility index (Phi) is 4.63. The van der Waals surface area contributed by atoms with Gasteiger partial charge in [-0.15, -0.1) is 0 Å². The zero-order valence-corrected chi connectivity index (χ0v) is 12.8. The number of aromatic nitrogens is 2. The van der Waals surface area contributed by atoms with E-state index in [4.69, 9.17) is 0 Å². The molecule has 1 aromatic rings. The standard InChI is InChI=1S/C15H28N4/c1-5-6-14-11-17-15(3,4)12-19(14)10-9-18-8-7-16-13(18)2/h7-8,14,17H,5-6,9-12H2,1-4H3. The highest BCUT2D eigenvalue weighted by atomic mass is 15.3. The minimum absolute atomic E-state index is 0.230. The van der Waals surface area contributed by atoms with Gasteiger partial charge in [-0.1, -0.05) is 13.3 Å². The Balaban J connectivity index is 1.95. The summed E-state index contributed by atoms with van der Waals surface area (Å²) < 4.78 is 2.25. The van der Waals surface area contributed by atoms with Crippen molar-refractivity contribution in [3.8, 4) is 0 Å². The van der Waals surface area contributed by atoms with Gasteiger partial charge in [0.15, 0.2) is 0 Å². The van der Waals surface area contributed by atoms with Crippen LogP contribution in [0.25, 0.3) is 0 Å². The minimum atomic E-state index is 0.230. The fraction of sp³-hybridized carbons (Fsp3) is 0.800. The van der Waals surface area contributed by atoms with Gasteiger partial charge in [0.1, 0.15) is 5.82 Å². The van der Waals surface area contributed by atoms with E-state index in [-0.39, 0.29) is 5.54 Å². The summed E-state index contributed by atoms with van der Waals surface area (Å²) >= 11 is 0. The second kappa shape index (κ2) is 6.06. The van der Waals surface area contributed by atoms with E-state index in [1.807, 2.05) is 6.20 Å². The number of hydrogen-bond donors (Lipinski definition) is 1. The van der Waals surface area contributed by atoms with Gasteiger partial charge < -0.3 is 9.88 Å². The molecule has 4 heteroatoms. The zero-order chi connectivity index (χ0) is 13.9. The number of rotatable bonds is 5. The van der Waals surface area contributed by atoms with E-state index < -0.39 is 0 Å². The third-order valence-corrected chi connectivity index (χ3v) is 4.10. The number of imidazole rings is 1. The van der Waals surface area contributed by atoms with E-state index in [1.165, 1.54) is 12.8 Å². The van der Waals surface area contributed by atoms with E-state index in [1.54, 1.807) is 0 Å². The van der Waals surface area contributed by atoms with Crippen LogP contribution < -0.4 is 5.32 Å². The van der Waals surface area contributed by atoms with Crippen LogP contribution in [0.4, 0.5) is 0 Å². The lowest BCUT2D eigenvalue weighted by atomic mass is 9.96. The van der Waals surface area contributed by atoms with Gasteiger partial charge in [0.25, 0.3) is 0 Å². The Hall–Kier alpha value is -0.870.